The van der Waals surface area contributed by atoms with Gasteiger partial charge in [-0.3, -0.25) is 4.79 Å². The molecule has 122 valence electrons. The molecule has 2 rings (SSSR count). The summed E-state index contributed by atoms with van der Waals surface area (Å²) in [5, 5.41) is 2.65. The molecule has 0 bridgehead atoms. The van der Waals surface area contributed by atoms with Crippen LogP contribution in [0.15, 0.2) is 29.0 Å². The van der Waals surface area contributed by atoms with Crippen LogP contribution >= 0.6 is 11.6 Å². The van der Waals surface area contributed by atoms with E-state index in [2.05, 4.69) is 15.0 Å². The zero-order valence-electron chi connectivity index (χ0n) is 12.2. The lowest BCUT2D eigenvalue weighted by Crippen LogP contribution is -2.46. The average molecular weight is 342 g/mol. The Hall–Kier alpha value is -2.61. The molecular weight excluding hydrogens is 329 g/mol. The van der Waals surface area contributed by atoms with E-state index in [1.807, 2.05) is 0 Å². The smallest absolute Gasteiger partial charge is 0.345 e. The van der Waals surface area contributed by atoms with E-state index in [9.17, 15) is 14.0 Å². The highest BCUT2D eigenvalue weighted by Gasteiger charge is 2.41. The van der Waals surface area contributed by atoms with E-state index >= 15 is 0 Å². The SMILES string of the molecule is COC(=O)C1(C=O)C=C(N)NC(c2ccc(Cl)c(OC)c2F)=N1. The van der Waals surface area contributed by atoms with Crippen LogP contribution in [0, 0.1) is 5.82 Å². The van der Waals surface area contributed by atoms with E-state index in [0.717, 1.165) is 13.2 Å². The minimum Gasteiger partial charge on any atom is -0.492 e. The molecule has 0 spiro atoms. The summed E-state index contributed by atoms with van der Waals surface area (Å²) in [5.74, 6) is -2.14. The summed E-state index contributed by atoms with van der Waals surface area (Å²) >= 11 is 5.83. The van der Waals surface area contributed by atoms with Gasteiger partial charge in [-0.25, -0.2) is 14.2 Å². The molecule has 1 heterocycles. The minimum atomic E-state index is -1.99. The number of ether oxygens (including phenoxy) is 2. The number of hydrogen-bond acceptors (Lipinski definition) is 7. The number of aldehydes is 1. The summed E-state index contributed by atoms with van der Waals surface area (Å²) in [5.41, 5.74) is 3.62. The zero-order valence-corrected chi connectivity index (χ0v) is 13.0. The quantitative estimate of drug-likeness (QED) is 0.476. The van der Waals surface area contributed by atoms with Crippen LogP contribution < -0.4 is 15.8 Å². The topological polar surface area (TPSA) is 103 Å². The second-order valence-corrected chi connectivity index (χ2v) is 4.97. The zero-order chi connectivity index (χ0) is 17.2. The van der Waals surface area contributed by atoms with Gasteiger partial charge < -0.3 is 20.5 Å². The van der Waals surface area contributed by atoms with Crippen LogP contribution in [0.4, 0.5) is 4.39 Å². The van der Waals surface area contributed by atoms with Crippen LogP contribution in [0.25, 0.3) is 0 Å². The number of esters is 1. The van der Waals surface area contributed by atoms with Crippen LogP contribution in [0.1, 0.15) is 5.56 Å². The highest BCUT2D eigenvalue weighted by Crippen LogP contribution is 2.31. The Labute approximate surface area is 135 Å². The van der Waals surface area contributed by atoms with Crippen molar-refractivity contribution in [1.29, 1.82) is 0 Å². The van der Waals surface area contributed by atoms with Gasteiger partial charge in [-0.2, -0.15) is 0 Å². The van der Waals surface area contributed by atoms with Crippen molar-refractivity contribution in [3.63, 3.8) is 0 Å². The number of nitrogens with one attached hydrogen (secondary N) is 1. The second-order valence-electron chi connectivity index (χ2n) is 4.56. The van der Waals surface area contributed by atoms with Crippen molar-refractivity contribution in [2.45, 2.75) is 5.54 Å². The summed E-state index contributed by atoms with van der Waals surface area (Å²) in [6, 6.07) is 2.70. The lowest BCUT2D eigenvalue weighted by atomic mass is 9.99. The van der Waals surface area contributed by atoms with Gasteiger partial charge in [0.05, 0.1) is 24.8 Å². The number of nitrogens with two attached hydrogens (primary N) is 1. The molecule has 1 aromatic rings. The molecule has 0 amide bonds. The van der Waals surface area contributed by atoms with E-state index in [4.69, 9.17) is 22.1 Å². The molecule has 1 unspecified atom stereocenters. The fourth-order valence-corrected chi connectivity index (χ4v) is 2.28. The molecule has 0 radical (unpaired) electrons. The van der Waals surface area contributed by atoms with E-state index < -0.39 is 17.3 Å². The largest absolute Gasteiger partial charge is 0.492 e. The molecule has 3 N–H and O–H groups in total. The molecule has 9 heteroatoms. The van der Waals surface area contributed by atoms with E-state index in [0.29, 0.717) is 0 Å². The predicted octanol–water partition coefficient (Wildman–Crippen LogP) is 0.748. The van der Waals surface area contributed by atoms with Gasteiger partial charge in [-0.05, 0) is 12.1 Å². The third-order valence-electron chi connectivity index (χ3n) is 3.14. The summed E-state index contributed by atoms with van der Waals surface area (Å²) in [7, 11) is 2.35. The van der Waals surface area contributed by atoms with Crippen molar-refractivity contribution >= 4 is 29.7 Å². The van der Waals surface area contributed by atoms with Crippen LogP contribution in [-0.4, -0.2) is 37.8 Å². The van der Waals surface area contributed by atoms with Crippen LogP contribution in [-0.2, 0) is 14.3 Å². The normalized spacial score (nSPS) is 20.0. The van der Waals surface area contributed by atoms with E-state index in [1.54, 1.807) is 0 Å². The highest BCUT2D eigenvalue weighted by molar-refractivity contribution is 6.32. The van der Waals surface area contributed by atoms with Crippen LogP contribution in [0.5, 0.6) is 5.75 Å². The molecule has 0 aromatic heterocycles. The van der Waals surface area contributed by atoms with Crippen molar-refractivity contribution < 1.29 is 23.5 Å². The number of amidine groups is 1. The number of rotatable bonds is 4. The number of benzene rings is 1. The first kappa shape index (κ1) is 16.8. The van der Waals surface area contributed by atoms with Crippen molar-refractivity contribution in [1.82, 2.24) is 5.32 Å². The molecule has 1 aliphatic heterocycles. The van der Waals surface area contributed by atoms with Gasteiger partial charge in [0.2, 0.25) is 5.54 Å². The number of carbonyl (C=O) groups is 2. The standard InChI is InChI=1S/C14H13ClFN3O4/c1-22-11-8(15)4-3-7(10(11)16)12-18-9(17)5-14(6-20,19-12)13(21)23-2/h3-6H,17H2,1-2H3,(H,18,19). The number of aliphatic imine (C=N–C) groups is 1. The molecule has 0 saturated carbocycles. The molecule has 0 aliphatic carbocycles. The number of hydrogen-bond donors (Lipinski definition) is 2. The maximum absolute atomic E-state index is 14.5. The van der Waals surface area contributed by atoms with Crippen LogP contribution in [0.3, 0.4) is 0 Å². The minimum absolute atomic E-state index is 0.0548. The molecule has 0 fully saturated rings. The number of carbonyl (C=O) groups excluding carboxylic acids is 2. The monoisotopic (exact) mass is 341 g/mol. The Morgan fingerprint density at radius 2 is 2.17 bits per heavy atom. The van der Waals surface area contributed by atoms with Gasteiger partial charge in [0.25, 0.3) is 0 Å². The highest BCUT2D eigenvalue weighted by atomic mass is 35.5. The van der Waals surface area contributed by atoms with Gasteiger partial charge in [0.1, 0.15) is 11.7 Å². The first-order valence-electron chi connectivity index (χ1n) is 6.31. The summed E-state index contributed by atoms with van der Waals surface area (Å²) in [6.07, 6.45) is 1.35. The van der Waals surface area contributed by atoms with Gasteiger partial charge >= 0.3 is 5.97 Å². The molecule has 1 atom stereocenters. The maximum atomic E-state index is 14.5. The van der Waals surface area contributed by atoms with E-state index in [-0.39, 0.29) is 34.3 Å². The molecule has 1 aromatic carbocycles. The predicted molar refractivity (Wildman–Crippen MR) is 80.7 cm³/mol. The molecular formula is C14H13ClFN3O4. The van der Waals surface area contributed by atoms with Gasteiger partial charge in [-0.1, -0.05) is 11.6 Å². The third kappa shape index (κ3) is 2.85. The van der Waals surface area contributed by atoms with Crippen molar-refractivity contribution in [2.24, 2.45) is 10.7 Å². The Balaban J connectivity index is 2.62. The van der Waals surface area contributed by atoms with Crippen molar-refractivity contribution in [3.05, 3.63) is 40.4 Å². The van der Waals surface area contributed by atoms with Gasteiger partial charge in [-0.15, -0.1) is 0 Å². The van der Waals surface area contributed by atoms with Gasteiger partial charge in [0.15, 0.2) is 17.9 Å². The molecule has 1 aliphatic rings. The molecule has 7 nitrogen and oxygen atoms in total. The van der Waals surface area contributed by atoms with E-state index in [1.165, 1.54) is 19.2 Å². The summed E-state index contributed by atoms with van der Waals surface area (Å²) < 4.78 is 23.9. The van der Waals surface area contributed by atoms with Gasteiger partial charge in [0, 0.05) is 6.08 Å². The Kier molecular flexibility index (Phi) is 4.55. The maximum Gasteiger partial charge on any atom is 0.345 e. The average Bonchev–Trinajstić information content (AvgIpc) is 2.53. The Bertz CT molecular complexity index is 735. The second kappa shape index (κ2) is 6.25. The fourth-order valence-electron chi connectivity index (χ4n) is 2.06. The fraction of sp³-hybridized carbons (Fsp3) is 0.214. The summed E-state index contributed by atoms with van der Waals surface area (Å²) in [6.45, 7) is 0. The number of nitrogens with zero attached hydrogens (tertiary/aromatic N) is 1. The number of halogens is 2. The lowest BCUT2D eigenvalue weighted by Gasteiger charge is -2.25. The lowest BCUT2D eigenvalue weighted by molar-refractivity contribution is -0.146. The van der Waals surface area contributed by atoms with Crippen molar-refractivity contribution in [2.75, 3.05) is 14.2 Å². The molecule has 0 saturated heterocycles. The summed E-state index contributed by atoms with van der Waals surface area (Å²) in [4.78, 5) is 27.2. The Morgan fingerprint density at radius 1 is 1.48 bits per heavy atom. The van der Waals surface area contributed by atoms with Crippen LogP contribution in [0.2, 0.25) is 5.02 Å². The van der Waals surface area contributed by atoms with Crippen molar-refractivity contribution in [3.8, 4) is 5.75 Å². The first-order valence-corrected chi connectivity index (χ1v) is 6.68. The molecule has 23 heavy (non-hydrogen) atoms. The number of methoxy groups -OCH3 is 2. The third-order valence-corrected chi connectivity index (χ3v) is 3.43. The first-order chi connectivity index (χ1) is 10.9. The Morgan fingerprint density at radius 3 is 2.74 bits per heavy atom.